The molecule has 0 bridgehead atoms. The van der Waals surface area contributed by atoms with Crippen LogP contribution in [0.4, 0.5) is 0 Å². The zero-order valence-electron chi connectivity index (χ0n) is 12.3. The molecular weight excluding hydrogens is 334 g/mol. The number of carboxylic acids is 1. The van der Waals surface area contributed by atoms with E-state index in [1.54, 1.807) is 36.4 Å². The van der Waals surface area contributed by atoms with Crippen molar-refractivity contribution in [2.75, 3.05) is 6.79 Å². The van der Waals surface area contributed by atoms with Crippen LogP contribution in [0.5, 0.6) is 11.5 Å². The quantitative estimate of drug-likeness (QED) is 0.832. The van der Waals surface area contributed by atoms with Gasteiger partial charge in [-0.3, -0.25) is 4.79 Å². The van der Waals surface area contributed by atoms with Gasteiger partial charge in [0.15, 0.2) is 11.5 Å². The average Bonchev–Trinajstić information content (AvgIpc) is 3.02. The molecule has 0 atom stereocenters. The summed E-state index contributed by atoms with van der Waals surface area (Å²) in [7, 11) is 0. The van der Waals surface area contributed by atoms with Gasteiger partial charge in [0.05, 0.1) is 5.02 Å². The van der Waals surface area contributed by atoms with Crippen LogP contribution in [-0.2, 0) is 4.79 Å². The summed E-state index contributed by atoms with van der Waals surface area (Å²) in [5.74, 6) is -0.860. The van der Waals surface area contributed by atoms with E-state index >= 15 is 0 Å². The molecule has 0 spiro atoms. The lowest BCUT2D eigenvalue weighted by Gasteiger charge is -2.07. The number of rotatable bonds is 4. The maximum absolute atomic E-state index is 12.1. The van der Waals surface area contributed by atoms with E-state index < -0.39 is 11.9 Å². The molecule has 1 aliphatic heterocycles. The number of hydrogen-bond donors (Lipinski definition) is 2. The summed E-state index contributed by atoms with van der Waals surface area (Å²) in [5, 5.41) is 12.0. The minimum Gasteiger partial charge on any atom is -0.477 e. The molecule has 1 amide bonds. The highest BCUT2D eigenvalue weighted by Crippen LogP contribution is 2.37. The predicted molar refractivity (Wildman–Crippen MR) is 87.1 cm³/mol. The van der Waals surface area contributed by atoms with E-state index in [0.29, 0.717) is 22.6 Å². The van der Waals surface area contributed by atoms with Gasteiger partial charge in [-0.05, 0) is 29.8 Å². The van der Waals surface area contributed by atoms with Crippen LogP contribution < -0.4 is 14.8 Å². The van der Waals surface area contributed by atoms with Crippen molar-refractivity contribution in [1.29, 1.82) is 0 Å². The number of ether oxygens (including phenoxy) is 2. The third-order valence-electron chi connectivity index (χ3n) is 3.31. The molecule has 1 aliphatic rings. The number of aliphatic carboxylic acids is 1. The first kappa shape index (κ1) is 15.9. The molecule has 6 nitrogen and oxygen atoms in total. The van der Waals surface area contributed by atoms with E-state index in [1.165, 1.54) is 12.1 Å². The molecule has 3 rings (SSSR count). The summed E-state index contributed by atoms with van der Waals surface area (Å²) < 4.78 is 10.4. The monoisotopic (exact) mass is 345 g/mol. The second kappa shape index (κ2) is 6.64. The van der Waals surface area contributed by atoms with E-state index in [0.717, 1.165) is 0 Å². The lowest BCUT2D eigenvalue weighted by atomic mass is 10.1. The molecule has 0 radical (unpaired) electrons. The summed E-state index contributed by atoms with van der Waals surface area (Å²) in [6.07, 6.45) is 1.27. The van der Waals surface area contributed by atoms with Crippen molar-refractivity contribution >= 4 is 29.6 Å². The van der Waals surface area contributed by atoms with Gasteiger partial charge in [0.1, 0.15) is 5.70 Å². The number of benzene rings is 2. The Balaban J connectivity index is 1.90. The van der Waals surface area contributed by atoms with Crippen LogP contribution in [0.2, 0.25) is 5.02 Å². The molecule has 122 valence electrons. The second-order valence-electron chi connectivity index (χ2n) is 4.91. The standard InChI is InChI=1S/C17H12ClNO5/c18-12-8-15-14(23-9-24-15)7-11(12)6-13(17(21)22)19-16(20)10-4-2-1-3-5-10/h1-8H,9H2,(H,19,20)(H,21,22)/b13-6-. The van der Waals surface area contributed by atoms with Gasteiger partial charge in [-0.25, -0.2) is 4.79 Å². The van der Waals surface area contributed by atoms with E-state index in [9.17, 15) is 14.7 Å². The van der Waals surface area contributed by atoms with Crippen LogP contribution in [0.25, 0.3) is 6.08 Å². The lowest BCUT2D eigenvalue weighted by molar-refractivity contribution is -0.132. The number of carbonyl (C=O) groups excluding carboxylic acids is 1. The topological polar surface area (TPSA) is 84.9 Å². The highest BCUT2D eigenvalue weighted by atomic mass is 35.5. The summed E-state index contributed by atoms with van der Waals surface area (Å²) in [6, 6.07) is 11.4. The van der Waals surface area contributed by atoms with E-state index in [-0.39, 0.29) is 17.5 Å². The molecule has 7 heteroatoms. The Morgan fingerprint density at radius 3 is 2.46 bits per heavy atom. The van der Waals surface area contributed by atoms with Gasteiger partial charge in [-0.15, -0.1) is 0 Å². The Bertz CT molecular complexity index is 832. The van der Waals surface area contributed by atoms with Crippen molar-refractivity contribution in [3.63, 3.8) is 0 Å². The van der Waals surface area contributed by atoms with Crippen LogP contribution in [0.1, 0.15) is 15.9 Å². The zero-order chi connectivity index (χ0) is 17.1. The number of hydrogen-bond acceptors (Lipinski definition) is 4. The molecule has 0 saturated heterocycles. The molecule has 0 aliphatic carbocycles. The van der Waals surface area contributed by atoms with Gasteiger partial charge in [-0.2, -0.15) is 0 Å². The maximum Gasteiger partial charge on any atom is 0.352 e. The number of carboxylic acid groups (broad SMARTS) is 1. The average molecular weight is 346 g/mol. The van der Waals surface area contributed by atoms with Crippen LogP contribution in [0.15, 0.2) is 48.2 Å². The smallest absolute Gasteiger partial charge is 0.352 e. The summed E-state index contributed by atoms with van der Waals surface area (Å²) >= 11 is 6.12. The first-order valence-electron chi connectivity index (χ1n) is 6.95. The predicted octanol–water partition coefficient (Wildman–Crippen LogP) is 2.92. The van der Waals surface area contributed by atoms with Gasteiger partial charge >= 0.3 is 5.97 Å². The normalized spacial score (nSPS) is 12.8. The van der Waals surface area contributed by atoms with Crippen molar-refractivity contribution in [3.8, 4) is 11.5 Å². The molecule has 2 aromatic carbocycles. The van der Waals surface area contributed by atoms with Crippen molar-refractivity contribution in [3.05, 3.63) is 64.3 Å². The Morgan fingerprint density at radius 2 is 1.79 bits per heavy atom. The molecule has 1 heterocycles. The van der Waals surface area contributed by atoms with Crippen LogP contribution in [-0.4, -0.2) is 23.8 Å². The van der Waals surface area contributed by atoms with Crippen molar-refractivity contribution < 1.29 is 24.2 Å². The molecular formula is C17H12ClNO5. The van der Waals surface area contributed by atoms with Crippen LogP contribution in [0, 0.1) is 0 Å². The second-order valence-corrected chi connectivity index (χ2v) is 5.32. The fourth-order valence-corrected chi connectivity index (χ4v) is 2.34. The molecule has 0 saturated carbocycles. The highest BCUT2D eigenvalue weighted by molar-refractivity contribution is 6.32. The van der Waals surface area contributed by atoms with Crippen molar-refractivity contribution in [2.45, 2.75) is 0 Å². The number of nitrogens with one attached hydrogen (secondary N) is 1. The molecule has 2 N–H and O–H groups in total. The Hall–Kier alpha value is -2.99. The minimum absolute atomic E-state index is 0.0787. The third-order valence-corrected chi connectivity index (χ3v) is 3.63. The van der Waals surface area contributed by atoms with Crippen LogP contribution >= 0.6 is 11.6 Å². The van der Waals surface area contributed by atoms with E-state index in [1.807, 2.05) is 0 Å². The van der Waals surface area contributed by atoms with E-state index in [4.69, 9.17) is 21.1 Å². The molecule has 0 aromatic heterocycles. The Labute approximate surface area is 142 Å². The summed E-state index contributed by atoms with van der Waals surface area (Å²) in [6.45, 7) is 0.0787. The first-order chi connectivity index (χ1) is 11.5. The van der Waals surface area contributed by atoms with Gasteiger partial charge in [0, 0.05) is 11.6 Å². The number of amides is 1. The fourth-order valence-electron chi connectivity index (χ4n) is 2.13. The summed E-state index contributed by atoms with van der Waals surface area (Å²) in [5.41, 5.74) is 0.442. The first-order valence-corrected chi connectivity index (χ1v) is 7.33. The molecule has 0 unspecified atom stereocenters. The van der Waals surface area contributed by atoms with Gasteiger partial charge in [-0.1, -0.05) is 29.8 Å². The molecule has 0 fully saturated rings. The minimum atomic E-state index is -1.28. The zero-order valence-corrected chi connectivity index (χ0v) is 13.0. The summed E-state index contributed by atoms with van der Waals surface area (Å²) in [4.78, 5) is 23.6. The molecule has 2 aromatic rings. The van der Waals surface area contributed by atoms with Crippen molar-refractivity contribution in [2.24, 2.45) is 0 Å². The fraction of sp³-hybridized carbons (Fsp3) is 0.0588. The number of halogens is 1. The lowest BCUT2D eigenvalue weighted by Crippen LogP contribution is -2.27. The van der Waals surface area contributed by atoms with Gasteiger partial charge in [0.2, 0.25) is 6.79 Å². The highest BCUT2D eigenvalue weighted by Gasteiger charge is 2.18. The van der Waals surface area contributed by atoms with Gasteiger partial charge in [0.25, 0.3) is 5.91 Å². The Kier molecular flexibility index (Phi) is 4.39. The van der Waals surface area contributed by atoms with Crippen molar-refractivity contribution in [1.82, 2.24) is 5.32 Å². The van der Waals surface area contributed by atoms with Gasteiger partial charge < -0.3 is 19.9 Å². The SMILES string of the molecule is O=C(O)/C(=C/c1cc2c(cc1Cl)OCO2)NC(=O)c1ccccc1. The third kappa shape index (κ3) is 3.33. The molecule has 24 heavy (non-hydrogen) atoms. The van der Waals surface area contributed by atoms with Crippen LogP contribution in [0.3, 0.4) is 0 Å². The largest absolute Gasteiger partial charge is 0.477 e. The Morgan fingerprint density at radius 1 is 1.12 bits per heavy atom. The number of carbonyl (C=O) groups is 2. The number of fused-ring (bicyclic) bond motifs is 1. The maximum atomic E-state index is 12.1. The van der Waals surface area contributed by atoms with E-state index in [2.05, 4.69) is 5.32 Å².